The molecule has 0 saturated heterocycles. The molecule has 0 spiro atoms. The second-order valence-corrected chi connectivity index (χ2v) is 2.39. The van der Waals surface area contributed by atoms with E-state index in [1.165, 1.54) is 0 Å². The smallest absolute Gasteiger partial charge is 0.0853 e. The van der Waals surface area contributed by atoms with Gasteiger partial charge in [-0.2, -0.15) is 0 Å². The number of rotatable bonds is 8. The first-order chi connectivity index (χ1) is 5.41. The van der Waals surface area contributed by atoms with Gasteiger partial charge in [-0.15, -0.1) is 0 Å². The molecule has 2 N–H and O–H groups in total. The molecular weight excluding hydrogens is 148 g/mol. The molecular formula is C7H16O4. The van der Waals surface area contributed by atoms with E-state index in [0.717, 1.165) is 32.1 Å². The summed E-state index contributed by atoms with van der Waals surface area (Å²) in [4.78, 5) is 4.25. The molecule has 0 aromatic rings. The van der Waals surface area contributed by atoms with Crippen LogP contribution in [0.5, 0.6) is 0 Å². The lowest BCUT2D eigenvalue weighted by Crippen LogP contribution is -1.93. The van der Waals surface area contributed by atoms with Crippen LogP contribution in [0.2, 0.25) is 0 Å². The highest BCUT2D eigenvalue weighted by atomic mass is 17.5. The minimum atomic E-state index is 0.274. The molecule has 0 fully saturated rings. The van der Waals surface area contributed by atoms with Crippen LogP contribution in [0.3, 0.4) is 0 Å². The van der Waals surface area contributed by atoms with E-state index < -0.39 is 0 Å². The Labute approximate surface area is 66.6 Å². The average Bonchev–Trinajstić information content (AvgIpc) is 2.03. The average molecular weight is 164 g/mol. The van der Waals surface area contributed by atoms with Crippen LogP contribution in [0.25, 0.3) is 0 Å². The third-order valence-electron chi connectivity index (χ3n) is 1.44. The molecule has 4 heteroatoms. The van der Waals surface area contributed by atoms with Gasteiger partial charge in [0, 0.05) is 6.61 Å². The van der Waals surface area contributed by atoms with Crippen LogP contribution in [0.1, 0.15) is 32.1 Å². The molecule has 0 bridgehead atoms. The lowest BCUT2D eigenvalue weighted by atomic mass is 10.2. The van der Waals surface area contributed by atoms with Crippen molar-refractivity contribution in [3.05, 3.63) is 0 Å². The van der Waals surface area contributed by atoms with E-state index in [2.05, 4.69) is 9.93 Å². The summed E-state index contributed by atoms with van der Waals surface area (Å²) >= 11 is 0. The first-order valence-electron chi connectivity index (χ1n) is 3.95. The third kappa shape index (κ3) is 9.84. The van der Waals surface area contributed by atoms with Gasteiger partial charge in [-0.25, -0.2) is 10.1 Å². The van der Waals surface area contributed by atoms with Crippen LogP contribution in [-0.2, 0) is 9.93 Å². The summed E-state index contributed by atoms with van der Waals surface area (Å²) in [6, 6.07) is 0. The minimum absolute atomic E-state index is 0.274. The molecule has 0 aliphatic heterocycles. The van der Waals surface area contributed by atoms with Crippen molar-refractivity contribution < 1.29 is 20.3 Å². The van der Waals surface area contributed by atoms with E-state index in [4.69, 9.17) is 10.4 Å². The van der Waals surface area contributed by atoms with Crippen molar-refractivity contribution >= 4 is 0 Å². The highest BCUT2D eigenvalue weighted by molar-refractivity contribution is 4.41. The maximum Gasteiger partial charge on any atom is 0.0853 e. The SMILES string of the molecule is OCCCCCCCOOO. The Hall–Kier alpha value is -0.160. The standard InChI is InChI=1S/C7H16O4/c8-6-4-2-1-3-5-7-10-11-9/h8-9H,1-7H2. The number of hydrogen-bond donors (Lipinski definition) is 2. The Bertz CT molecular complexity index is 59.5. The van der Waals surface area contributed by atoms with Crippen molar-refractivity contribution in [3.63, 3.8) is 0 Å². The Balaban J connectivity index is 2.69. The lowest BCUT2D eigenvalue weighted by molar-refractivity contribution is -0.490. The molecule has 0 saturated carbocycles. The van der Waals surface area contributed by atoms with E-state index in [1.807, 2.05) is 0 Å². The largest absolute Gasteiger partial charge is 0.396 e. The van der Waals surface area contributed by atoms with Crippen LogP contribution in [-0.4, -0.2) is 23.6 Å². The zero-order chi connectivity index (χ0) is 8.36. The molecule has 0 heterocycles. The van der Waals surface area contributed by atoms with Gasteiger partial charge in [-0.05, 0) is 12.8 Å². The normalized spacial score (nSPS) is 10.4. The maximum absolute atomic E-state index is 8.43. The number of hydrogen-bond acceptors (Lipinski definition) is 4. The van der Waals surface area contributed by atoms with Gasteiger partial charge in [-0.3, -0.25) is 0 Å². The number of unbranched alkanes of at least 4 members (excludes halogenated alkanes) is 4. The van der Waals surface area contributed by atoms with Crippen LogP contribution in [0.15, 0.2) is 0 Å². The molecule has 68 valence electrons. The van der Waals surface area contributed by atoms with Gasteiger partial charge in [0.25, 0.3) is 0 Å². The van der Waals surface area contributed by atoms with E-state index in [-0.39, 0.29) is 6.61 Å². The molecule has 11 heavy (non-hydrogen) atoms. The quantitative estimate of drug-likeness (QED) is 0.323. The predicted molar refractivity (Wildman–Crippen MR) is 39.8 cm³/mol. The summed E-state index contributed by atoms with van der Waals surface area (Å²) < 4.78 is 0. The van der Waals surface area contributed by atoms with Crippen molar-refractivity contribution in [3.8, 4) is 0 Å². The number of aliphatic hydroxyl groups excluding tert-OH is 1. The van der Waals surface area contributed by atoms with Crippen molar-refractivity contribution in [1.82, 2.24) is 0 Å². The monoisotopic (exact) mass is 164 g/mol. The fraction of sp³-hybridized carbons (Fsp3) is 1.00. The van der Waals surface area contributed by atoms with Crippen LogP contribution in [0, 0.1) is 0 Å². The molecule has 0 aromatic carbocycles. The molecule has 0 rings (SSSR count). The molecule has 0 unspecified atom stereocenters. The zero-order valence-corrected chi connectivity index (χ0v) is 6.66. The van der Waals surface area contributed by atoms with E-state index >= 15 is 0 Å². The highest BCUT2D eigenvalue weighted by Gasteiger charge is 1.90. The topological polar surface area (TPSA) is 58.9 Å². The lowest BCUT2D eigenvalue weighted by Gasteiger charge is -1.98. The fourth-order valence-corrected chi connectivity index (χ4v) is 0.840. The van der Waals surface area contributed by atoms with Crippen molar-refractivity contribution in [2.45, 2.75) is 32.1 Å². The Morgan fingerprint density at radius 1 is 0.909 bits per heavy atom. The van der Waals surface area contributed by atoms with E-state index in [0.29, 0.717) is 6.61 Å². The van der Waals surface area contributed by atoms with Crippen LogP contribution < -0.4 is 0 Å². The van der Waals surface area contributed by atoms with E-state index in [9.17, 15) is 0 Å². The zero-order valence-electron chi connectivity index (χ0n) is 6.66. The molecule has 0 radical (unpaired) electrons. The summed E-state index contributed by atoms with van der Waals surface area (Å²) in [6.45, 7) is 0.700. The van der Waals surface area contributed by atoms with Crippen molar-refractivity contribution in [1.29, 1.82) is 0 Å². The molecule has 0 aliphatic carbocycles. The summed E-state index contributed by atoms with van der Waals surface area (Å²) in [5.74, 6) is 0. The molecule has 0 aromatic heterocycles. The van der Waals surface area contributed by atoms with Crippen molar-refractivity contribution in [2.75, 3.05) is 13.2 Å². The Morgan fingerprint density at radius 2 is 1.55 bits per heavy atom. The third-order valence-corrected chi connectivity index (χ3v) is 1.44. The van der Waals surface area contributed by atoms with Gasteiger partial charge in [0.2, 0.25) is 0 Å². The molecule has 4 nitrogen and oxygen atoms in total. The molecule has 0 aliphatic rings. The fourth-order valence-electron chi connectivity index (χ4n) is 0.840. The minimum Gasteiger partial charge on any atom is -0.396 e. The van der Waals surface area contributed by atoms with Gasteiger partial charge in [0.1, 0.15) is 0 Å². The summed E-state index contributed by atoms with van der Waals surface area (Å²) in [6.07, 6.45) is 4.94. The van der Waals surface area contributed by atoms with Crippen molar-refractivity contribution in [2.24, 2.45) is 0 Å². The summed E-state index contributed by atoms with van der Waals surface area (Å²) in [7, 11) is 0. The first kappa shape index (κ1) is 10.8. The van der Waals surface area contributed by atoms with E-state index in [1.54, 1.807) is 0 Å². The van der Waals surface area contributed by atoms with Gasteiger partial charge in [0.15, 0.2) is 0 Å². The predicted octanol–water partition coefficient (Wildman–Crippen LogP) is 1.35. The first-order valence-corrected chi connectivity index (χ1v) is 3.95. The van der Waals surface area contributed by atoms with Crippen LogP contribution >= 0.6 is 0 Å². The number of aliphatic hydroxyl groups is 1. The highest BCUT2D eigenvalue weighted by Crippen LogP contribution is 2.02. The molecule has 0 amide bonds. The van der Waals surface area contributed by atoms with Crippen LogP contribution in [0.4, 0.5) is 0 Å². The van der Waals surface area contributed by atoms with Gasteiger partial charge in [-0.1, -0.05) is 24.3 Å². The second-order valence-electron chi connectivity index (χ2n) is 2.39. The summed E-state index contributed by atoms with van der Waals surface area (Å²) in [5.41, 5.74) is 0. The summed E-state index contributed by atoms with van der Waals surface area (Å²) in [5, 5.41) is 19.6. The van der Waals surface area contributed by atoms with Gasteiger partial charge in [0.05, 0.1) is 6.61 Å². The Morgan fingerprint density at radius 3 is 2.18 bits per heavy atom. The van der Waals surface area contributed by atoms with Gasteiger partial charge < -0.3 is 5.11 Å². The van der Waals surface area contributed by atoms with Gasteiger partial charge >= 0.3 is 0 Å². The second kappa shape index (κ2) is 9.84. The maximum atomic E-state index is 8.43. The Kier molecular flexibility index (Phi) is 9.70. The molecule has 0 atom stereocenters.